The zero-order valence-electron chi connectivity index (χ0n) is 12.5. The van der Waals surface area contributed by atoms with E-state index in [9.17, 15) is 26.3 Å². The van der Waals surface area contributed by atoms with Crippen LogP contribution in [0.1, 0.15) is 26.0 Å². The molecule has 130 valence electrons. The number of allylic oxidation sites excluding steroid dienone is 2. The highest BCUT2D eigenvalue weighted by molar-refractivity contribution is 5.09. The summed E-state index contributed by atoms with van der Waals surface area (Å²) in [4.78, 5) is 6.81. The third-order valence-electron chi connectivity index (χ3n) is 2.73. The van der Waals surface area contributed by atoms with Crippen LogP contribution in [0.25, 0.3) is 0 Å². The maximum Gasteiger partial charge on any atom is 0.422 e. The Hall–Kier alpha value is -1.80. The van der Waals surface area contributed by atoms with Crippen molar-refractivity contribution >= 4 is 0 Å². The summed E-state index contributed by atoms with van der Waals surface area (Å²) >= 11 is 0. The number of ether oxygens (including phenoxy) is 1. The average Bonchev–Trinajstić information content (AvgIpc) is 2.37. The summed E-state index contributed by atoms with van der Waals surface area (Å²) in [7, 11) is 0. The largest absolute Gasteiger partial charge is 0.454 e. The van der Waals surface area contributed by atoms with Gasteiger partial charge >= 0.3 is 12.2 Å². The van der Waals surface area contributed by atoms with Crippen molar-refractivity contribution in [1.82, 2.24) is 9.97 Å². The molecule has 1 atom stereocenters. The van der Waals surface area contributed by atoms with Gasteiger partial charge in [0, 0.05) is 6.42 Å². The molecule has 0 fully saturated rings. The first-order valence-electron chi connectivity index (χ1n) is 6.75. The van der Waals surface area contributed by atoms with Crippen molar-refractivity contribution < 1.29 is 31.1 Å². The van der Waals surface area contributed by atoms with Crippen molar-refractivity contribution in [2.75, 3.05) is 6.61 Å². The summed E-state index contributed by atoms with van der Waals surface area (Å²) in [5.74, 6) is -4.58. The van der Waals surface area contributed by atoms with Crippen LogP contribution in [0, 0.1) is 11.7 Å². The SMILES string of the molecule is C/C=C/C(F)(F)CC(C)Cc1nc(OCC(F)(F)F)ncc1F. The first-order valence-corrected chi connectivity index (χ1v) is 6.75. The van der Waals surface area contributed by atoms with Crippen LogP contribution in [0.5, 0.6) is 6.01 Å². The van der Waals surface area contributed by atoms with Crippen LogP contribution in [0.15, 0.2) is 18.3 Å². The summed E-state index contributed by atoms with van der Waals surface area (Å²) in [6.45, 7) is 1.30. The van der Waals surface area contributed by atoms with Crippen molar-refractivity contribution in [3.8, 4) is 6.01 Å². The van der Waals surface area contributed by atoms with Crippen LogP contribution >= 0.6 is 0 Å². The van der Waals surface area contributed by atoms with Gasteiger partial charge < -0.3 is 4.74 Å². The normalized spacial score (nSPS) is 14.3. The van der Waals surface area contributed by atoms with Crippen molar-refractivity contribution in [3.63, 3.8) is 0 Å². The number of hydrogen-bond donors (Lipinski definition) is 0. The van der Waals surface area contributed by atoms with Crippen LogP contribution in [0.4, 0.5) is 26.3 Å². The van der Waals surface area contributed by atoms with E-state index in [-0.39, 0.29) is 12.1 Å². The molecule has 9 heteroatoms. The zero-order valence-corrected chi connectivity index (χ0v) is 12.5. The monoisotopic (exact) mass is 342 g/mol. The summed E-state index contributed by atoms with van der Waals surface area (Å²) in [6.07, 6.45) is -2.70. The van der Waals surface area contributed by atoms with E-state index in [0.29, 0.717) is 6.20 Å². The van der Waals surface area contributed by atoms with Gasteiger partial charge in [-0.15, -0.1) is 0 Å². The molecule has 0 amide bonds. The van der Waals surface area contributed by atoms with E-state index < -0.39 is 42.9 Å². The highest BCUT2D eigenvalue weighted by atomic mass is 19.4. The molecule has 0 aromatic carbocycles. The van der Waals surface area contributed by atoms with E-state index in [4.69, 9.17) is 0 Å². The van der Waals surface area contributed by atoms with Crippen LogP contribution in [0.3, 0.4) is 0 Å². The standard InChI is InChI=1S/C14H16F6N2O/c1-3-4-13(16,17)6-9(2)5-11-10(15)7-21-12(22-11)23-8-14(18,19)20/h3-4,7,9H,5-6,8H2,1-2H3/b4-3+. The van der Waals surface area contributed by atoms with E-state index in [0.717, 1.165) is 6.08 Å². The van der Waals surface area contributed by atoms with Crippen molar-refractivity contribution in [2.45, 2.75) is 38.8 Å². The summed E-state index contributed by atoms with van der Waals surface area (Å²) < 4.78 is 80.9. The molecule has 1 aromatic rings. The second-order valence-electron chi connectivity index (χ2n) is 5.13. The fraction of sp³-hybridized carbons (Fsp3) is 0.571. The van der Waals surface area contributed by atoms with Gasteiger partial charge in [-0.1, -0.05) is 13.0 Å². The van der Waals surface area contributed by atoms with Gasteiger partial charge in [0.25, 0.3) is 5.92 Å². The predicted octanol–water partition coefficient (Wildman–Crippen LogP) is 4.34. The second-order valence-corrected chi connectivity index (χ2v) is 5.13. The Morgan fingerprint density at radius 3 is 2.48 bits per heavy atom. The van der Waals surface area contributed by atoms with Gasteiger partial charge in [0.05, 0.1) is 11.9 Å². The Bertz CT molecular complexity index is 545. The average molecular weight is 342 g/mol. The quantitative estimate of drug-likeness (QED) is 0.546. The molecule has 0 aliphatic rings. The number of rotatable bonds is 7. The van der Waals surface area contributed by atoms with Crippen molar-refractivity contribution in [3.05, 3.63) is 29.9 Å². The fourth-order valence-electron chi connectivity index (χ4n) is 1.92. The van der Waals surface area contributed by atoms with Gasteiger partial charge in [-0.3, -0.25) is 0 Å². The maximum absolute atomic E-state index is 13.6. The minimum absolute atomic E-state index is 0.177. The number of aromatic nitrogens is 2. The molecule has 0 radical (unpaired) electrons. The Morgan fingerprint density at radius 1 is 1.26 bits per heavy atom. The van der Waals surface area contributed by atoms with E-state index in [2.05, 4.69) is 14.7 Å². The van der Waals surface area contributed by atoms with Gasteiger partial charge in [0.15, 0.2) is 12.4 Å². The lowest BCUT2D eigenvalue weighted by Crippen LogP contribution is -2.21. The molecule has 0 saturated heterocycles. The van der Waals surface area contributed by atoms with Crippen LogP contribution < -0.4 is 4.74 Å². The Kier molecular flexibility index (Phi) is 6.40. The summed E-state index contributed by atoms with van der Waals surface area (Å²) in [5.41, 5.74) is -0.263. The lowest BCUT2D eigenvalue weighted by molar-refractivity contribution is -0.154. The Balaban J connectivity index is 2.75. The van der Waals surface area contributed by atoms with E-state index >= 15 is 0 Å². The second kappa shape index (κ2) is 7.65. The maximum atomic E-state index is 13.6. The Labute approximate surface area is 129 Å². The molecule has 1 heterocycles. The van der Waals surface area contributed by atoms with Crippen molar-refractivity contribution in [2.24, 2.45) is 5.92 Å². The molecule has 3 nitrogen and oxygen atoms in total. The van der Waals surface area contributed by atoms with Crippen LogP contribution in [0.2, 0.25) is 0 Å². The third kappa shape index (κ3) is 7.34. The van der Waals surface area contributed by atoms with Gasteiger partial charge in [-0.2, -0.15) is 18.2 Å². The summed E-state index contributed by atoms with van der Waals surface area (Å²) in [6, 6.07) is -0.647. The molecule has 1 rings (SSSR count). The molecule has 0 N–H and O–H groups in total. The van der Waals surface area contributed by atoms with Crippen LogP contribution in [-0.2, 0) is 6.42 Å². The van der Waals surface area contributed by atoms with Gasteiger partial charge in [0.2, 0.25) is 0 Å². The van der Waals surface area contributed by atoms with Crippen molar-refractivity contribution in [1.29, 1.82) is 0 Å². The number of halogens is 6. The van der Waals surface area contributed by atoms with Gasteiger partial charge in [-0.05, 0) is 25.3 Å². The van der Waals surface area contributed by atoms with Gasteiger partial charge in [-0.25, -0.2) is 18.2 Å². The predicted molar refractivity (Wildman–Crippen MR) is 70.8 cm³/mol. The number of hydrogen-bond acceptors (Lipinski definition) is 3. The lowest BCUT2D eigenvalue weighted by Gasteiger charge is -2.17. The molecule has 1 aromatic heterocycles. The molecule has 0 spiro atoms. The minimum Gasteiger partial charge on any atom is -0.454 e. The molecule has 0 aliphatic heterocycles. The lowest BCUT2D eigenvalue weighted by atomic mass is 9.97. The molecule has 0 saturated carbocycles. The van der Waals surface area contributed by atoms with E-state index in [1.807, 2.05) is 0 Å². The summed E-state index contributed by atoms with van der Waals surface area (Å²) in [5, 5.41) is 0. The first kappa shape index (κ1) is 19.2. The zero-order chi connectivity index (χ0) is 17.7. The topological polar surface area (TPSA) is 35.0 Å². The molecule has 1 unspecified atom stereocenters. The smallest absolute Gasteiger partial charge is 0.422 e. The fourth-order valence-corrected chi connectivity index (χ4v) is 1.92. The minimum atomic E-state index is -4.58. The first-order chi connectivity index (χ1) is 10.5. The number of nitrogens with zero attached hydrogens (tertiary/aromatic N) is 2. The highest BCUT2D eigenvalue weighted by Crippen LogP contribution is 2.27. The van der Waals surface area contributed by atoms with E-state index in [1.54, 1.807) is 0 Å². The highest BCUT2D eigenvalue weighted by Gasteiger charge is 2.30. The van der Waals surface area contributed by atoms with E-state index in [1.165, 1.54) is 19.9 Å². The molecular weight excluding hydrogens is 326 g/mol. The third-order valence-corrected chi connectivity index (χ3v) is 2.73. The molecular formula is C14H16F6N2O. The number of alkyl halides is 5. The Morgan fingerprint density at radius 2 is 1.91 bits per heavy atom. The van der Waals surface area contributed by atoms with Gasteiger partial charge in [0.1, 0.15) is 0 Å². The molecule has 0 aliphatic carbocycles. The molecule has 23 heavy (non-hydrogen) atoms. The molecule has 0 bridgehead atoms. The van der Waals surface area contributed by atoms with Crippen LogP contribution in [-0.4, -0.2) is 28.7 Å².